The first-order chi connectivity index (χ1) is 12.7. The molecule has 2 aromatic rings. The molecule has 1 aliphatic rings. The summed E-state index contributed by atoms with van der Waals surface area (Å²) in [6.07, 6.45) is 1.73. The highest BCUT2D eigenvalue weighted by atomic mass is 16.3. The van der Waals surface area contributed by atoms with Crippen molar-refractivity contribution in [1.82, 2.24) is 15.1 Å². The molecule has 0 saturated carbocycles. The molecule has 0 spiro atoms. The Morgan fingerprint density at radius 2 is 2.00 bits per heavy atom. The van der Waals surface area contributed by atoms with Crippen LogP contribution in [0.4, 0.5) is 0 Å². The molecule has 0 aliphatic carbocycles. The number of hydrogen-bond acceptors (Lipinski definition) is 4. The predicted molar refractivity (Wildman–Crippen MR) is 103 cm³/mol. The minimum Gasteiger partial charge on any atom is -0.456 e. The zero-order chi connectivity index (χ0) is 18.4. The molecular weight excluding hydrogens is 326 g/mol. The fraction of sp³-hybridized carbons (Fsp3) is 0.476. The number of furan rings is 1. The van der Waals surface area contributed by atoms with E-state index < -0.39 is 0 Å². The third-order valence-corrected chi connectivity index (χ3v) is 5.02. The van der Waals surface area contributed by atoms with E-state index >= 15 is 0 Å². The van der Waals surface area contributed by atoms with Crippen molar-refractivity contribution in [2.24, 2.45) is 0 Å². The maximum Gasteiger partial charge on any atom is 0.286 e. The van der Waals surface area contributed by atoms with E-state index in [4.69, 9.17) is 4.42 Å². The molecule has 1 fully saturated rings. The van der Waals surface area contributed by atoms with Crippen LogP contribution >= 0.6 is 0 Å². The first kappa shape index (κ1) is 18.7. The molecule has 5 heteroatoms. The lowest BCUT2D eigenvalue weighted by molar-refractivity contribution is 0.0857. The van der Waals surface area contributed by atoms with E-state index in [1.54, 1.807) is 6.07 Å². The zero-order valence-electron chi connectivity index (χ0n) is 15.8. The molecule has 1 atom stereocenters. The topological polar surface area (TPSA) is 48.7 Å². The average molecular weight is 355 g/mol. The monoisotopic (exact) mass is 355 g/mol. The minimum absolute atomic E-state index is 0.123. The molecule has 1 amide bonds. The van der Waals surface area contributed by atoms with E-state index in [1.165, 1.54) is 5.56 Å². The van der Waals surface area contributed by atoms with Crippen LogP contribution in [-0.4, -0.2) is 55.5 Å². The van der Waals surface area contributed by atoms with Crippen molar-refractivity contribution in [3.05, 3.63) is 59.5 Å². The van der Waals surface area contributed by atoms with E-state index in [0.29, 0.717) is 18.3 Å². The Labute approximate surface area is 156 Å². The van der Waals surface area contributed by atoms with Crippen LogP contribution in [0.5, 0.6) is 0 Å². The van der Waals surface area contributed by atoms with Gasteiger partial charge in [0.25, 0.3) is 5.91 Å². The summed E-state index contributed by atoms with van der Waals surface area (Å²) in [6.45, 7) is 6.84. The standard InChI is InChI=1S/C21H29N3O2/c1-3-18-10-11-20(26-18)21(25)22-12-7-13-24-15-14-23(2)16-19(24)17-8-5-4-6-9-17/h4-6,8-11,19H,3,7,12-16H2,1-2H3,(H,22,25). The number of nitrogens with one attached hydrogen (secondary N) is 1. The molecule has 1 unspecified atom stereocenters. The first-order valence-electron chi connectivity index (χ1n) is 9.52. The molecule has 0 bridgehead atoms. The molecule has 2 heterocycles. The Balaban J connectivity index is 1.49. The van der Waals surface area contributed by atoms with Crippen LogP contribution in [0.25, 0.3) is 0 Å². The number of hydrogen-bond donors (Lipinski definition) is 1. The van der Waals surface area contributed by atoms with Gasteiger partial charge < -0.3 is 14.6 Å². The van der Waals surface area contributed by atoms with E-state index in [-0.39, 0.29) is 5.91 Å². The van der Waals surface area contributed by atoms with Gasteiger partial charge in [0.15, 0.2) is 5.76 Å². The second-order valence-electron chi connectivity index (χ2n) is 6.95. The molecule has 1 aromatic carbocycles. The number of amides is 1. The maximum atomic E-state index is 12.1. The van der Waals surface area contributed by atoms with Gasteiger partial charge in [-0.15, -0.1) is 0 Å². The van der Waals surface area contributed by atoms with Gasteiger partial charge in [0.05, 0.1) is 0 Å². The second kappa shape index (κ2) is 9.01. The normalized spacial score (nSPS) is 18.8. The Bertz CT molecular complexity index is 698. The molecule has 1 saturated heterocycles. The average Bonchev–Trinajstić information content (AvgIpc) is 3.16. The SMILES string of the molecule is CCc1ccc(C(=O)NCCCN2CCN(C)CC2c2ccccc2)o1. The lowest BCUT2D eigenvalue weighted by atomic mass is 10.0. The van der Waals surface area contributed by atoms with Gasteiger partial charge in [-0.3, -0.25) is 9.69 Å². The fourth-order valence-corrected chi connectivity index (χ4v) is 3.48. The molecule has 3 rings (SSSR count). The molecule has 0 radical (unpaired) electrons. The van der Waals surface area contributed by atoms with Crippen molar-refractivity contribution < 1.29 is 9.21 Å². The summed E-state index contributed by atoms with van der Waals surface area (Å²) in [5.41, 5.74) is 1.37. The first-order valence-corrected chi connectivity index (χ1v) is 9.52. The minimum atomic E-state index is -0.123. The van der Waals surface area contributed by atoms with Crippen molar-refractivity contribution in [3.8, 4) is 0 Å². The summed E-state index contributed by atoms with van der Waals surface area (Å²) >= 11 is 0. The van der Waals surface area contributed by atoms with Gasteiger partial charge in [0, 0.05) is 45.2 Å². The lowest BCUT2D eigenvalue weighted by Crippen LogP contribution is -2.47. The van der Waals surface area contributed by atoms with E-state index in [1.807, 2.05) is 13.0 Å². The van der Waals surface area contributed by atoms with E-state index in [0.717, 1.165) is 44.8 Å². The molecule has 1 aromatic heterocycles. The largest absolute Gasteiger partial charge is 0.456 e. The third-order valence-electron chi connectivity index (χ3n) is 5.02. The zero-order valence-corrected chi connectivity index (χ0v) is 15.8. The number of benzene rings is 1. The number of nitrogens with zero attached hydrogens (tertiary/aromatic N) is 2. The Kier molecular flexibility index (Phi) is 6.47. The molecule has 1 aliphatic heterocycles. The van der Waals surface area contributed by atoms with Crippen molar-refractivity contribution in [2.75, 3.05) is 39.8 Å². The third kappa shape index (κ3) is 4.74. The van der Waals surface area contributed by atoms with Crippen LogP contribution in [0.2, 0.25) is 0 Å². The highest BCUT2D eigenvalue weighted by Crippen LogP contribution is 2.24. The van der Waals surface area contributed by atoms with Gasteiger partial charge in [0.2, 0.25) is 0 Å². The van der Waals surface area contributed by atoms with Gasteiger partial charge in [-0.2, -0.15) is 0 Å². The highest BCUT2D eigenvalue weighted by Gasteiger charge is 2.25. The van der Waals surface area contributed by atoms with Crippen molar-refractivity contribution >= 4 is 5.91 Å². The molecular formula is C21H29N3O2. The fourth-order valence-electron chi connectivity index (χ4n) is 3.48. The molecule has 140 valence electrons. The van der Waals surface area contributed by atoms with Crippen molar-refractivity contribution in [2.45, 2.75) is 25.8 Å². The van der Waals surface area contributed by atoms with Gasteiger partial charge >= 0.3 is 0 Å². The van der Waals surface area contributed by atoms with Gasteiger partial charge in [-0.05, 0) is 31.2 Å². The Hall–Kier alpha value is -2.11. The predicted octanol–water partition coefficient (Wildman–Crippen LogP) is 2.95. The van der Waals surface area contributed by atoms with E-state index in [9.17, 15) is 4.79 Å². The highest BCUT2D eigenvalue weighted by molar-refractivity contribution is 5.91. The second-order valence-corrected chi connectivity index (χ2v) is 6.95. The van der Waals surface area contributed by atoms with Crippen LogP contribution in [-0.2, 0) is 6.42 Å². The smallest absolute Gasteiger partial charge is 0.286 e. The number of piperazine rings is 1. The van der Waals surface area contributed by atoms with Crippen molar-refractivity contribution in [1.29, 1.82) is 0 Å². The van der Waals surface area contributed by atoms with Crippen LogP contribution in [0.1, 0.15) is 41.3 Å². The van der Waals surface area contributed by atoms with Gasteiger partial charge in [-0.25, -0.2) is 0 Å². The molecule has 5 nitrogen and oxygen atoms in total. The van der Waals surface area contributed by atoms with Gasteiger partial charge in [0.1, 0.15) is 5.76 Å². The molecule has 26 heavy (non-hydrogen) atoms. The van der Waals surface area contributed by atoms with Crippen molar-refractivity contribution in [3.63, 3.8) is 0 Å². The lowest BCUT2D eigenvalue weighted by Gasteiger charge is -2.40. The number of carbonyl (C=O) groups is 1. The van der Waals surface area contributed by atoms with Crippen LogP contribution in [0.3, 0.4) is 0 Å². The summed E-state index contributed by atoms with van der Waals surface area (Å²) < 4.78 is 5.50. The number of carbonyl (C=O) groups excluding carboxylic acids is 1. The molecule has 1 N–H and O–H groups in total. The Morgan fingerprint density at radius 3 is 2.73 bits per heavy atom. The summed E-state index contributed by atoms with van der Waals surface area (Å²) in [6, 6.07) is 14.7. The number of aryl methyl sites for hydroxylation is 1. The number of rotatable bonds is 7. The summed E-state index contributed by atoms with van der Waals surface area (Å²) in [4.78, 5) is 17.0. The summed E-state index contributed by atoms with van der Waals surface area (Å²) in [5, 5.41) is 2.97. The summed E-state index contributed by atoms with van der Waals surface area (Å²) in [7, 11) is 2.18. The quantitative estimate of drug-likeness (QED) is 0.776. The van der Waals surface area contributed by atoms with Crippen LogP contribution in [0, 0.1) is 0 Å². The number of likely N-dealkylation sites (N-methyl/N-ethyl adjacent to an activating group) is 1. The van der Waals surface area contributed by atoms with Crippen LogP contribution < -0.4 is 5.32 Å². The van der Waals surface area contributed by atoms with Crippen LogP contribution in [0.15, 0.2) is 46.9 Å². The Morgan fingerprint density at radius 1 is 1.19 bits per heavy atom. The maximum absolute atomic E-state index is 12.1. The van der Waals surface area contributed by atoms with Gasteiger partial charge in [-0.1, -0.05) is 37.3 Å². The van der Waals surface area contributed by atoms with E-state index in [2.05, 4.69) is 52.5 Å². The summed E-state index contributed by atoms with van der Waals surface area (Å²) in [5.74, 6) is 1.13.